The van der Waals surface area contributed by atoms with Gasteiger partial charge in [0, 0.05) is 5.56 Å². The van der Waals surface area contributed by atoms with E-state index >= 15 is 0 Å². The molecule has 0 aliphatic rings. The minimum Gasteiger partial charge on any atom is -0.481 e. The van der Waals surface area contributed by atoms with Crippen LogP contribution < -0.4 is 14.2 Å². The summed E-state index contributed by atoms with van der Waals surface area (Å²) in [6.07, 6.45) is 0. The SMILES string of the molecule is COc1cc(OC)nc(Oc2ccc(C)cc2C(=O)c2ccc(C)cc2)n1. The van der Waals surface area contributed by atoms with Crippen molar-refractivity contribution in [2.45, 2.75) is 13.8 Å². The number of hydrogen-bond donors (Lipinski definition) is 0. The molecule has 3 aromatic rings. The predicted octanol–water partition coefficient (Wildman–Crippen LogP) is 4.13. The number of rotatable bonds is 6. The van der Waals surface area contributed by atoms with Crippen molar-refractivity contribution >= 4 is 5.78 Å². The Morgan fingerprint density at radius 2 is 1.41 bits per heavy atom. The van der Waals surface area contributed by atoms with Gasteiger partial charge in [-0.05, 0) is 26.0 Å². The zero-order chi connectivity index (χ0) is 19.4. The monoisotopic (exact) mass is 364 g/mol. The number of aromatic nitrogens is 2. The van der Waals surface area contributed by atoms with E-state index in [0.29, 0.717) is 28.6 Å². The summed E-state index contributed by atoms with van der Waals surface area (Å²) >= 11 is 0. The molecule has 0 bridgehead atoms. The summed E-state index contributed by atoms with van der Waals surface area (Å²) in [5, 5.41) is 0. The maximum absolute atomic E-state index is 13.0. The first-order valence-corrected chi connectivity index (χ1v) is 8.37. The Bertz CT molecular complexity index is 946. The second-order valence-corrected chi connectivity index (χ2v) is 6.03. The summed E-state index contributed by atoms with van der Waals surface area (Å²) in [4.78, 5) is 21.3. The summed E-state index contributed by atoms with van der Waals surface area (Å²) in [6.45, 7) is 3.89. The molecule has 0 radical (unpaired) electrons. The number of carbonyl (C=O) groups excluding carboxylic acids is 1. The Morgan fingerprint density at radius 1 is 0.815 bits per heavy atom. The van der Waals surface area contributed by atoms with Crippen molar-refractivity contribution in [3.63, 3.8) is 0 Å². The molecule has 138 valence electrons. The topological polar surface area (TPSA) is 70.5 Å². The normalized spacial score (nSPS) is 10.4. The van der Waals surface area contributed by atoms with Crippen LogP contribution in [0.2, 0.25) is 0 Å². The van der Waals surface area contributed by atoms with Gasteiger partial charge in [-0.25, -0.2) is 0 Å². The summed E-state index contributed by atoms with van der Waals surface area (Å²) in [5.74, 6) is 0.829. The lowest BCUT2D eigenvalue weighted by atomic mass is 10.00. The Kier molecular flexibility index (Phi) is 5.35. The number of nitrogens with zero attached hydrogens (tertiary/aromatic N) is 2. The lowest BCUT2D eigenvalue weighted by Crippen LogP contribution is -2.05. The van der Waals surface area contributed by atoms with E-state index in [1.165, 1.54) is 14.2 Å². The average molecular weight is 364 g/mol. The average Bonchev–Trinajstić information content (AvgIpc) is 2.69. The molecule has 0 aliphatic heterocycles. The third kappa shape index (κ3) is 4.23. The van der Waals surface area contributed by atoms with Gasteiger partial charge in [-0.2, -0.15) is 9.97 Å². The highest BCUT2D eigenvalue weighted by Crippen LogP contribution is 2.29. The van der Waals surface area contributed by atoms with Crippen molar-refractivity contribution in [1.82, 2.24) is 9.97 Å². The molecule has 0 saturated heterocycles. The molecule has 0 amide bonds. The molecular weight excluding hydrogens is 344 g/mol. The highest BCUT2D eigenvalue weighted by molar-refractivity contribution is 6.10. The van der Waals surface area contributed by atoms with E-state index in [9.17, 15) is 4.79 Å². The molecule has 2 aromatic carbocycles. The molecule has 6 heteroatoms. The van der Waals surface area contributed by atoms with Crippen molar-refractivity contribution in [2.75, 3.05) is 14.2 Å². The number of carbonyl (C=O) groups is 1. The van der Waals surface area contributed by atoms with Crippen LogP contribution in [0.15, 0.2) is 48.5 Å². The Morgan fingerprint density at radius 3 is 2.00 bits per heavy atom. The standard InChI is InChI=1S/C21H20N2O4/c1-13-5-8-15(9-6-13)20(24)16-11-14(2)7-10-17(16)27-21-22-18(25-3)12-19(23-21)26-4/h5-12H,1-4H3. The van der Waals surface area contributed by atoms with Gasteiger partial charge >= 0.3 is 6.01 Å². The van der Waals surface area contributed by atoms with Crippen LogP contribution in [0.25, 0.3) is 0 Å². The highest BCUT2D eigenvalue weighted by atomic mass is 16.5. The molecule has 0 aliphatic carbocycles. The second-order valence-electron chi connectivity index (χ2n) is 6.03. The lowest BCUT2D eigenvalue weighted by Gasteiger charge is -2.12. The van der Waals surface area contributed by atoms with E-state index in [2.05, 4.69) is 9.97 Å². The van der Waals surface area contributed by atoms with Crippen LogP contribution in [0.3, 0.4) is 0 Å². The van der Waals surface area contributed by atoms with Gasteiger partial charge in [0.05, 0.1) is 25.8 Å². The van der Waals surface area contributed by atoms with Crippen LogP contribution in [0, 0.1) is 13.8 Å². The summed E-state index contributed by atoms with van der Waals surface area (Å²) < 4.78 is 16.1. The van der Waals surface area contributed by atoms with Crippen molar-refractivity contribution < 1.29 is 19.0 Å². The molecule has 0 N–H and O–H groups in total. The summed E-state index contributed by atoms with van der Waals surface area (Å²) in [5.41, 5.74) is 3.05. The second kappa shape index (κ2) is 7.86. The van der Waals surface area contributed by atoms with Crippen molar-refractivity contribution in [2.24, 2.45) is 0 Å². The molecule has 27 heavy (non-hydrogen) atoms. The molecule has 3 rings (SSSR count). The van der Waals surface area contributed by atoms with Crippen LogP contribution in [0.4, 0.5) is 0 Å². The van der Waals surface area contributed by atoms with E-state index in [-0.39, 0.29) is 11.8 Å². The van der Waals surface area contributed by atoms with E-state index in [1.807, 2.05) is 32.0 Å². The first-order chi connectivity index (χ1) is 13.0. The molecule has 0 unspecified atom stereocenters. The summed E-state index contributed by atoms with van der Waals surface area (Å²) in [6, 6.07) is 14.4. The zero-order valence-electron chi connectivity index (χ0n) is 15.6. The van der Waals surface area contributed by atoms with Gasteiger partial charge in [0.25, 0.3) is 0 Å². The van der Waals surface area contributed by atoms with Crippen LogP contribution in [0.1, 0.15) is 27.0 Å². The van der Waals surface area contributed by atoms with Crippen molar-refractivity contribution in [3.05, 3.63) is 70.8 Å². The molecule has 1 heterocycles. The maximum atomic E-state index is 13.0. The Balaban J connectivity index is 2.00. The van der Waals surface area contributed by atoms with E-state index in [0.717, 1.165) is 11.1 Å². The van der Waals surface area contributed by atoms with Gasteiger partial charge in [0.15, 0.2) is 5.78 Å². The van der Waals surface area contributed by atoms with Gasteiger partial charge in [0.2, 0.25) is 11.8 Å². The Hall–Kier alpha value is -3.41. The van der Waals surface area contributed by atoms with Gasteiger partial charge in [0.1, 0.15) is 5.75 Å². The molecular formula is C21H20N2O4. The van der Waals surface area contributed by atoms with Gasteiger partial charge < -0.3 is 14.2 Å². The highest BCUT2D eigenvalue weighted by Gasteiger charge is 2.17. The molecule has 1 aromatic heterocycles. The quantitative estimate of drug-likeness (QED) is 0.613. The van der Waals surface area contributed by atoms with Gasteiger partial charge in [-0.1, -0.05) is 41.5 Å². The van der Waals surface area contributed by atoms with Crippen molar-refractivity contribution in [3.8, 4) is 23.5 Å². The number of aryl methyl sites for hydroxylation is 2. The number of ether oxygens (including phenoxy) is 3. The predicted molar refractivity (Wildman–Crippen MR) is 101 cm³/mol. The number of methoxy groups -OCH3 is 2. The third-order valence-electron chi connectivity index (χ3n) is 3.97. The number of benzene rings is 2. The molecule has 6 nitrogen and oxygen atoms in total. The summed E-state index contributed by atoms with van der Waals surface area (Å²) in [7, 11) is 2.98. The smallest absolute Gasteiger partial charge is 0.328 e. The third-order valence-corrected chi connectivity index (χ3v) is 3.97. The van der Waals surface area contributed by atoms with Crippen LogP contribution in [-0.4, -0.2) is 30.0 Å². The van der Waals surface area contributed by atoms with Gasteiger partial charge in [-0.3, -0.25) is 4.79 Å². The van der Waals surface area contributed by atoms with Gasteiger partial charge in [-0.15, -0.1) is 0 Å². The van der Waals surface area contributed by atoms with E-state index in [4.69, 9.17) is 14.2 Å². The first-order valence-electron chi connectivity index (χ1n) is 8.37. The number of hydrogen-bond acceptors (Lipinski definition) is 6. The zero-order valence-corrected chi connectivity index (χ0v) is 15.6. The van der Waals surface area contributed by atoms with Crippen molar-refractivity contribution in [1.29, 1.82) is 0 Å². The lowest BCUT2D eigenvalue weighted by molar-refractivity contribution is 0.103. The molecule has 0 saturated carbocycles. The molecule has 0 spiro atoms. The fourth-order valence-corrected chi connectivity index (χ4v) is 2.51. The minimum absolute atomic E-state index is 0.0352. The molecule has 0 atom stereocenters. The van der Waals surface area contributed by atoms with E-state index in [1.54, 1.807) is 30.3 Å². The number of ketones is 1. The first kappa shape index (κ1) is 18.4. The fourth-order valence-electron chi connectivity index (χ4n) is 2.51. The van der Waals surface area contributed by atoms with Crippen LogP contribution in [0.5, 0.6) is 23.5 Å². The largest absolute Gasteiger partial charge is 0.481 e. The Labute approximate surface area is 157 Å². The molecule has 0 fully saturated rings. The van der Waals surface area contributed by atoms with E-state index < -0.39 is 0 Å². The van der Waals surface area contributed by atoms with Crippen LogP contribution >= 0.6 is 0 Å². The van der Waals surface area contributed by atoms with Crippen LogP contribution in [-0.2, 0) is 0 Å². The fraction of sp³-hybridized carbons (Fsp3) is 0.190. The minimum atomic E-state index is -0.136. The maximum Gasteiger partial charge on any atom is 0.328 e.